The number of hydrazine groups is 1. The van der Waals surface area contributed by atoms with Crippen LogP contribution in [0.25, 0.3) is 0 Å². The largest absolute Gasteiger partial charge is 0.404 e. The summed E-state index contributed by atoms with van der Waals surface area (Å²) in [6, 6.07) is 0.238. The van der Waals surface area contributed by atoms with Gasteiger partial charge >= 0.3 is 6.01 Å². The van der Waals surface area contributed by atoms with E-state index in [0.29, 0.717) is 23.1 Å². The first-order chi connectivity index (χ1) is 9.01. The number of anilines is 1. The molecule has 8 heteroatoms. The average Bonchev–Trinajstić information content (AvgIpc) is 2.77. The summed E-state index contributed by atoms with van der Waals surface area (Å²) in [6.07, 6.45) is 1.55. The lowest BCUT2D eigenvalue weighted by atomic mass is 10.2. The van der Waals surface area contributed by atoms with E-state index in [1.807, 2.05) is 20.8 Å². The van der Waals surface area contributed by atoms with Gasteiger partial charge in [-0.1, -0.05) is 13.8 Å². The number of ether oxygens (including phenoxy) is 1. The number of nitrogens with zero attached hydrogens (tertiary/aromatic N) is 5. The maximum absolute atomic E-state index is 5.57. The summed E-state index contributed by atoms with van der Waals surface area (Å²) in [5.74, 6) is 7.19. The van der Waals surface area contributed by atoms with Crippen molar-refractivity contribution >= 4 is 5.82 Å². The third-order valence-electron chi connectivity index (χ3n) is 2.54. The Balaban J connectivity index is 2.40. The zero-order valence-corrected chi connectivity index (χ0v) is 11.4. The monoisotopic (exact) mass is 263 g/mol. The van der Waals surface area contributed by atoms with Crippen molar-refractivity contribution in [3.8, 4) is 11.9 Å². The maximum atomic E-state index is 5.57. The topological polar surface area (TPSA) is 104 Å². The normalized spacial score (nSPS) is 10.8. The van der Waals surface area contributed by atoms with E-state index in [4.69, 9.17) is 10.6 Å². The minimum Gasteiger partial charge on any atom is -0.404 e. The molecule has 0 radical (unpaired) electrons. The van der Waals surface area contributed by atoms with Crippen molar-refractivity contribution in [3.05, 3.63) is 17.7 Å². The molecular weight excluding hydrogens is 246 g/mol. The molecule has 0 fully saturated rings. The van der Waals surface area contributed by atoms with Crippen LogP contribution in [-0.4, -0.2) is 24.7 Å². The Kier molecular flexibility index (Phi) is 3.61. The number of rotatable bonds is 4. The summed E-state index contributed by atoms with van der Waals surface area (Å²) in [5, 5.41) is 4.05. The van der Waals surface area contributed by atoms with Crippen molar-refractivity contribution in [2.45, 2.75) is 26.7 Å². The Labute approximate surface area is 111 Å². The van der Waals surface area contributed by atoms with Crippen molar-refractivity contribution < 1.29 is 4.74 Å². The fourth-order valence-electron chi connectivity index (χ4n) is 1.46. The van der Waals surface area contributed by atoms with Crippen molar-refractivity contribution in [2.75, 3.05) is 5.43 Å². The minimum atomic E-state index is 0.159. The SMILES string of the molecule is Cc1c(NN)nc(C(C)C)nc1Oc1ncn(C)n1. The van der Waals surface area contributed by atoms with Crippen molar-refractivity contribution in [3.63, 3.8) is 0 Å². The number of hydrogen-bond donors (Lipinski definition) is 2. The summed E-state index contributed by atoms with van der Waals surface area (Å²) in [7, 11) is 1.76. The quantitative estimate of drug-likeness (QED) is 0.629. The van der Waals surface area contributed by atoms with Gasteiger partial charge in [-0.3, -0.25) is 4.68 Å². The van der Waals surface area contributed by atoms with E-state index in [-0.39, 0.29) is 11.9 Å². The molecule has 19 heavy (non-hydrogen) atoms. The first-order valence-electron chi connectivity index (χ1n) is 5.90. The van der Waals surface area contributed by atoms with Crippen LogP contribution in [0.5, 0.6) is 11.9 Å². The van der Waals surface area contributed by atoms with Crippen molar-refractivity contribution in [1.82, 2.24) is 24.7 Å². The summed E-state index contributed by atoms with van der Waals surface area (Å²) < 4.78 is 7.13. The molecule has 0 aliphatic rings. The van der Waals surface area contributed by atoms with Gasteiger partial charge in [0.25, 0.3) is 0 Å². The van der Waals surface area contributed by atoms with Gasteiger partial charge in [-0.15, -0.1) is 5.10 Å². The Bertz CT molecular complexity index is 578. The molecule has 0 aliphatic carbocycles. The fraction of sp³-hybridized carbons (Fsp3) is 0.455. The van der Waals surface area contributed by atoms with E-state index in [1.165, 1.54) is 0 Å². The highest BCUT2D eigenvalue weighted by Crippen LogP contribution is 2.26. The van der Waals surface area contributed by atoms with Crippen LogP contribution in [0.1, 0.15) is 31.2 Å². The maximum Gasteiger partial charge on any atom is 0.342 e. The second-order valence-corrected chi connectivity index (χ2v) is 4.46. The predicted octanol–water partition coefficient (Wildman–Crippen LogP) is 1.11. The van der Waals surface area contributed by atoms with Gasteiger partial charge in [-0.2, -0.15) is 9.97 Å². The molecule has 2 heterocycles. The van der Waals surface area contributed by atoms with Gasteiger partial charge in [0.05, 0.1) is 5.56 Å². The number of aromatic nitrogens is 5. The van der Waals surface area contributed by atoms with Gasteiger partial charge in [-0.25, -0.2) is 10.8 Å². The molecule has 0 spiro atoms. The summed E-state index contributed by atoms with van der Waals surface area (Å²) in [4.78, 5) is 12.7. The molecule has 0 atom stereocenters. The lowest BCUT2D eigenvalue weighted by molar-refractivity contribution is 0.415. The Hall–Kier alpha value is -2.22. The second-order valence-electron chi connectivity index (χ2n) is 4.46. The predicted molar refractivity (Wildman–Crippen MR) is 69.7 cm³/mol. The van der Waals surface area contributed by atoms with Crippen LogP contribution >= 0.6 is 0 Å². The molecule has 0 unspecified atom stereocenters. The second kappa shape index (κ2) is 5.19. The fourth-order valence-corrected chi connectivity index (χ4v) is 1.46. The smallest absolute Gasteiger partial charge is 0.342 e. The summed E-state index contributed by atoms with van der Waals surface area (Å²) in [5.41, 5.74) is 3.25. The van der Waals surface area contributed by atoms with E-state index in [0.717, 1.165) is 0 Å². The van der Waals surface area contributed by atoms with Crippen molar-refractivity contribution in [1.29, 1.82) is 0 Å². The third-order valence-corrected chi connectivity index (χ3v) is 2.54. The molecule has 0 amide bonds. The lowest BCUT2D eigenvalue weighted by Gasteiger charge is -2.12. The average molecular weight is 263 g/mol. The summed E-state index contributed by atoms with van der Waals surface area (Å²) >= 11 is 0. The van der Waals surface area contributed by atoms with Crippen LogP contribution in [0.2, 0.25) is 0 Å². The Morgan fingerprint density at radius 1 is 1.37 bits per heavy atom. The number of nitrogens with one attached hydrogen (secondary N) is 1. The zero-order valence-electron chi connectivity index (χ0n) is 11.4. The molecule has 2 aromatic heterocycles. The number of aryl methyl sites for hydroxylation is 1. The molecule has 0 aromatic carbocycles. The molecule has 8 nitrogen and oxygen atoms in total. The van der Waals surface area contributed by atoms with Gasteiger partial charge in [0.2, 0.25) is 5.88 Å². The molecule has 2 rings (SSSR count). The van der Waals surface area contributed by atoms with E-state index in [9.17, 15) is 0 Å². The lowest BCUT2D eigenvalue weighted by Crippen LogP contribution is -2.13. The highest BCUT2D eigenvalue weighted by molar-refractivity contribution is 5.48. The van der Waals surface area contributed by atoms with E-state index >= 15 is 0 Å². The van der Waals surface area contributed by atoms with Gasteiger partial charge in [0.15, 0.2) is 5.82 Å². The van der Waals surface area contributed by atoms with Gasteiger partial charge in [0, 0.05) is 13.0 Å². The van der Waals surface area contributed by atoms with E-state index < -0.39 is 0 Å². The van der Waals surface area contributed by atoms with Gasteiger partial charge < -0.3 is 10.2 Å². The highest BCUT2D eigenvalue weighted by Gasteiger charge is 2.15. The number of hydrogen-bond acceptors (Lipinski definition) is 7. The molecule has 3 N–H and O–H groups in total. The first kappa shape index (κ1) is 13.2. The number of nitrogens with two attached hydrogens (primary N) is 1. The van der Waals surface area contributed by atoms with E-state index in [2.05, 4.69) is 25.5 Å². The van der Waals surface area contributed by atoms with Crippen LogP contribution < -0.4 is 16.0 Å². The van der Waals surface area contributed by atoms with E-state index in [1.54, 1.807) is 18.1 Å². The van der Waals surface area contributed by atoms with Crippen LogP contribution in [-0.2, 0) is 7.05 Å². The molecule has 0 saturated carbocycles. The first-order valence-corrected chi connectivity index (χ1v) is 5.90. The zero-order chi connectivity index (χ0) is 14.0. The van der Waals surface area contributed by atoms with Crippen LogP contribution in [0.15, 0.2) is 6.33 Å². The highest BCUT2D eigenvalue weighted by atomic mass is 16.5. The Morgan fingerprint density at radius 2 is 2.11 bits per heavy atom. The minimum absolute atomic E-state index is 0.159. The Morgan fingerprint density at radius 3 is 2.63 bits per heavy atom. The molecule has 0 saturated heterocycles. The van der Waals surface area contributed by atoms with Gasteiger partial charge in [0.1, 0.15) is 12.2 Å². The molecule has 0 bridgehead atoms. The van der Waals surface area contributed by atoms with Crippen LogP contribution in [0.3, 0.4) is 0 Å². The van der Waals surface area contributed by atoms with Crippen LogP contribution in [0.4, 0.5) is 5.82 Å². The van der Waals surface area contributed by atoms with Gasteiger partial charge in [-0.05, 0) is 6.92 Å². The standard InChI is InChI=1S/C11H17N7O/c1-6(2)8-14-9(16-12)7(3)10(15-8)19-11-13-5-18(4)17-11/h5-6H,12H2,1-4H3,(H,14,15,16). The molecule has 102 valence electrons. The van der Waals surface area contributed by atoms with Crippen LogP contribution in [0, 0.1) is 6.92 Å². The molecule has 2 aromatic rings. The van der Waals surface area contributed by atoms with Crippen molar-refractivity contribution in [2.24, 2.45) is 12.9 Å². The number of nitrogen functional groups attached to an aromatic ring is 1. The molecular formula is C11H17N7O. The third kappa shape index (κ3) is 2.79. The summed E-state index contributed by atoms with van der Waals surface area (Å²) in [6.45, 7) is 5.80. The molecule has 0 aliphatic heterocycles.